The number of anilines is 1. The van der Waals surface area contributed by atoms with E-state index < -0.39 is 0 Å². The van der Waals surface area contributed by atoms with Gasteiger partial charge in [-0.3, -0.25) is 4.79 Å². The van der Waals surface area contributed by atoms with Crippen LogP contribution < -0.4 is 14.8 Å². The molecule has 0 saturated carbocycles. The smallest absolute Gasteiger partial charge is 0.224 e. The Kier molecular flexibility index (Phi) is 5.60. The van der Waals surface area contributed by atoms with Crippen molar-refractivity contribution in [3.63, 3.8) is 0 Å². The number of rotatable bonds is 4. The van der Waals surface area contributed by atoms with E-state index in [1.165, 1.54) is 0 Å². The molecule has 1 amide bonds. The average Bonchev–Trinajstić information content (AvgIpc) is 3.25. The zero-order valence-electron chi connectivity index (χ0n) is 15.2. The molecule has 0 aliphatic carbocycles. The van der Waals surface area contributed by atoms with Gasteiger partial charge in [0.05, 0.1) is 4.88 Å². The molecule has 3 aromatic rings. The molecule has 2 aromatic carbocycles. The third-order valence-corrected chi connectivity index (χ3v) is 5.03. The number of hydrogen-bond acceptors (Lipinski definition) is 4. The summed E-state index contributed by atoms with van der Waals surface area (Å²) in [6, 6.07) is 17.4. The molecule has 1 N–H and O–H groups in total. The quantitative estimate of drug-likeness (QED) is 0.669. The van der Waals surface area contributed by atoms with Gasteiger partial charge < -0.3 is 14.8 Å². The van der Waals surface area contributed by atoms with E-state index in [9.17, 15) is 4.79 Å². The molecule has 1 aromatic heterocycles. The summed E-state index contributed by atoms with van der Waals surface area (Å²) in [4.78, 5) is 13.4. The Bertz CT molecular complexity index is 1030. The van der Waals surface area contributed by atoms with Crippen molar-refractivity contribution in [2.75, 3.05) is 18.5 Å². The second-order valence-electron chi connectivity index (χ2n) is 6.33. The van der Waals surface area contributed by atoms with Crippen molar-refractivity contribution in [2.24, 2.45) is 0 Å². The van der Waals surface area contributed by atoms with Crippen molar-refractivity contribution in [2.45, 2.75) is 12.8 Å². The lowest BCUT2D eigenvalue weighted by molar-refractivity contribution is -0.116. The van der Waals surface area contributed by atoms with E-state index in [4.69, 9.17) is 9.47 Å². The zero-order valence-corrected chi connectivity index (χ0v) is 16.1. The summed E-state index contributed by atoms with van der Waals surface area (Å²) < 4.78 is 11.1. The second kappa shape index (κ2) is 8.64. The number of thiophene rings is 1. The van der Waals surface area contributed by atoms with Crippen molar-refractivity contribution < 1.29 is 14.3 Å². The molecule has 4 nitrogen and oxygen atoms in total. The van der Waals surface area contributed by atoms with Gasteiger partial charge in [0.15, 0.2) is 11.5 Å². The molecule has 5 heteroatoms. The van der Waals surface area contributed by atoms with Crippen molar-refractivity contribution in [3.8, 4) is 23.3 Å². The van der Waals surface area contributed by atoms with Gasteiger partial charge in [-0.1, -0.05) is 30.0 Å². The molecule has 0 saturated heterocycles. The van der Waals surface area contributed by atoms with Gasteiger partial charge in [0.1, 0.15) is 13.2 Å². The number of carbonyl (C=O) groups excluding carboxylic acids is 1. The summed E-state index contributed by atoms with van der Waals surface area (Å²) in [6.07, 6.45) is 1.03. The van der Waals surface area contributed by atoms with Crippen LogP contribution in [0.2, 0.25) is 0 Å². The predicted octanol–water partition coefficient (Wildman–Crippen LogP) is 4.49. The molecule has 0 spiro atoms. The number of benzene rings is 2. The average molecular weight is 389 g/mol. The summed E-state index contributed by atoms with van der Waals surface area (Å²) in [7, 11) is 0. The number of amides is 1. The van der Waals surface area contributed by atoms with Gasteiger partial charge in [0.25, 0.3) is 0 Å². The van der Waals surface area contributed by atoms with Gasteiger partial charge in [0.2, 0.25) is 5.91 Å². The van der Waals surface area contributed by atoms with Gasteiger partial charge in [-0.05, 0) is 53.8 Å². The van der Waals surface area contributed by atoms with Crippen LogP contribution in [0.5, 0.6) is 11.5 Å². The number of hydrogen-bond donors (Lipinski definition) is 1. The van der Waals surface area contributed by atoms with Crippen molar-refractivity contribution >= 4 is 22.9 Å². The summed E-state index contributed by atoms with van der Waals surface area (Å²) in [5.74, 6) is 7.74. The number of aryl methyl sites for hydroxylation is 1. The molecule has 28 heavy (non-hydrogen) atoms. The molecule has 4 rings (SSSR count). The first-order valence-electron chi connectivity index (χ1n) is 9.10. The van der Waals surface area contributed by atoms with Crippen LogP contribution in [0.25, 0.3) is 0 Å². The van der Waals surface area contributed by atoms with Crippen LogP contribution in [0.4, 0.5) is 5.69 Å². The molecular formula is C23H19NO3S. The third-order valence-electron chi connectivity index (χ3n) is 4.24. The van der Waals surface area contributed by atoms with E-state index in [2.05, 4.69) is 17.2 Å². The molecule has 0 atom stereocenters. The van der Waals surface area contributed by atoms with E-state index in [1.807, 2.05) is 60.0 Å². The standard InChI is InChI=1S/C23H19NO3S/c25-23(11-8-18-7-10-21-22(16-18)27-13-12-26-21)24-19-4-1-3-17(15-19)6-9-20-5-2-14-28-20/h1-5,7,10,14-16H,8,11-13H2,(H,24,25). The van der Waals surface area contributed by atoms with Crippen molar-refractivity contribution in [3.05, 3.63) is 76.0 Å². The minimum atomic E-state index is -0.0294. The lowest BCUT2D eigenvalue weighted by atomic mass is 10.1. The Balaban J connectivity index is 1.34. The highest BCUT2D eigenvalue weighted by molar-refractivity contribution is 7.10. The van der Waals surface area contributed by atoms with Gasteiger partial charge in [0, 0.05) is 17.7 Å². The van der Waals surface area contributed by atoms with Crippen LogP contribution in [0.15, 0.2) is 60.0 Å². The number of carbonyl (C=O) groups is 1. The number of nitrogens with one attached hydrogen (secondary N) is 1. The van der Waals surface area contributed by atoms with Crippen molar-refractivity contribution in [1.29, 1.82) is 0 Å². The first kappa shape index (κ1) is 18.1. The largest absolute Gasteiger partial charge is 0.486 e. The maximum Gasteiger partial charge on any atom is 0.224 e. The number of fused-ring (bicyclic) bond motifs is 1. The molecule has 1 aliphatic heterocycles. The van der Waals surface area contributed by atoms with E-state index in [1.54, 1.807) is 11.3 Å². The maximum absolute atomic E-state index is 12.3. The fraction of sp³-hybridized carbons (Fsp3) is 0.174. The lowest BCUT2D eigenvalue weighted by Crippen LogP contribution is -2.15. The summed E-state index contributed by atoms with van der Waals surface area (Å²) >= 11 is 1.61. The molecule has 2 heterocycles. The van der Waals surface area contributed by atoms with E-state index in [0.717, 1.165) is 33.2 Å². The van der Waals surface area contributed by atoms with Crippen LogP contribution in [0.3, 0.4) is 0 Å². The van der Waals surface area contributed by atoms with E-state index in [0.29, 0.717) is 26.1 Å². The molecular weight excluding hydrogens is 370 g/mol. The summed E-state index contributed by atoms with van der Waals surface area (Å²) in [5.41, 5.74) is 2.68. The van der Waals surface area contributed by atoms with Crippen LogP contribution in [0, 0.1) is 11.8 Å². The SMILES string of the molecule is O=C(CCc1ccc2c(c1)OCCO2)Nc1cccc(C#Cc2cccs2)c1. The molecule has 0 bridgehead atoms. The third kappa shape index (κ3) is 4.73. The highest BCUT2D eigenvalue weighted by Gasteiger charge is 2.12. The topological polar surface area (TPSA) is 47.6 Å². The van der Waals surface area contributed by atoms with Crippen LogP contribution in [0.1, 0.15) is 22.4 Å². The van der Waals surface area contributed by atoms with Crippen molar-refractivity contribution in [1.82, 2.24) is 0 Å². The monoisotopic (exact) mass is 389 g/mol. The van der Waals surface area contributed by atoms with Crippen LogP contribution in [-0.2, 0) is 11.2 Å². The first-order valence-corrected chi connectivity index (χ1v) is 9.98. The fourth-order valence-electron chi connectivity index (χ4n) is 2.88. The van der Waals surface area contributed by atoms with E-state index in [-0.39, 0.29) is 5.91 Å². The molecule has 0 fully saturated rings. The Labute approximate surface area is 168 Å². The van der Waals surface area contributed by atoms with Gasteiger partial charge >= 0.3 is 0 Å². The first-order chi connectivity index (χ1) is 13.8. The lowest BCUT2D eigenvalue weighted by Gasteiger charge is -2.18. The normalized spacial score (nSPS) is 12.0. The highest BCUT2D eigenvalue weighted by atomic mass is 32.1. The van der Waals surface area contributed by atoms with Gasteiger partial charge in [-0.2, -0.15) is 0 Å². The minimum Gasteiger partial charge on any atom is -0.486 e. The van der Waals surface area contributed by atoms with Gasteiger partial charge in [-0.15, -0.1) is 11.3 Å². The molecule has 0 radical (unpaired) electrons. The Morgan fingerprint density at radius 2 is 1.89 bits per heavy atom. The Hall–Kier alpha value is -3.23. The zero-order chi connectivity index (χ0) is 19.2. The molecule has 0 unspecified atom stereocenters. The van der Waals surface area contributed by atoms with Crippen LogP contribution in [-0.4, -0.2) is 19.1 Å². The molecule has 140 valence electrons. The predicted molar refractivity (Wildman–Crippen MR) is 111 cm³/mol. The second-order valence-corrected chi connectivity index (χ2v) is 7.28. The molecule has 1 aliphatic rings. The summed E-state index contributed by atoms with van der Waals surface area (Å²) in [5, 5.41) is 4.95. The highest BCUT2D eigenvalue weighted by Crippen LogP contribution is 2.31. The fourth-order valence-corrected chi connectivity index (χ4v) is 3.45. The Morgan fingerprint density at radius 3 is 2.75 bits per heavy atom. The van der Waals surface area contributed by atoms with Crippen LogP contribution >= 0.6 is 11.3 Å². The number of ether oxygens (including phenoxy) is 2. The Morgan fingerprint density at radius 1 is 1.00 bits per heavy atom. The van der Waals surface area contributed by atoms with E-state index >= 15 is 0 Å². The van der Waals surface area contributed by atoms with Gasteiger partial charge in [-0.25, -0.2) is 0 Å². The maximum atomic E-state index is 12.3. The minimum absolute atomic E-state index is 0.0294. The summed E-state index contributed by atoms with van der Waals surface area (Å²) in [6.45, 7) is 1.13.